The smallest absolute Gasteiger partial charge is 0.363 e. The normalized spacial score (nSPS) is 31.2. The van der Waals surface area contributed by atoms with Gasteiger partial charge in [-0.25, -0.2) is 4.79 Å². The Balaban J connectivity index is 2.22. The summed E-state index contributed by atoms with van der Waals surface area (Å²) in [6.07, 6.45) is 0.158. The summed E-state index contributed by atoms with van der Waals surface area (Å²) in [5.74, 6) is -2.21. The van der Waals surface area contributed by atoms with Gasteiger partial charge in [0.05, 0.1) is 13.4 Å². The molecule has 2 aliphatic heterocycles. The van der Waals surface area contributed by atoms with Crippen LogP contribution in [0.25, 0.3) is 11.0 Å². The molecule has 7 heteroatoms. The van der Waals surface area contributed by atoms with Gasteiger partial charge in [0.25, 0.3) is 0 Å². The predicted molar refractivity (Wildman–Crippen MR) is 81.5 cm³/mol. The molecule has 2 bridgehead atoms. The second-order valence-corrected chi connectivity index (χ2v) is 6.32. The lowest BCUT2D eigenvalue weighted by Crippen LogP contribution is -2.53. The molecule has 1 aromatic heterocycles. The molecule has 2 aliphatic rings. The third-order valence-corrected chi connectivity index (χ3v) is 5.01. The number of hydrogen-bond acceptors (Lipinski definition) is 7. The van der Waals surface area contributed by atoms with Crippen molar-refractivity contribution in [1.82, 2.24) is 0 Å². The zero-order valence-electron chi connectivity index (χ0n) is 14.1. The van der Waals surface area contributed by atoms with E-state index < -0.39 is 23.6 Å². The third-order valence-electron chi connectivity index (χ3n) is 5.01. The van der Waals surface area contributed by atoms with Gasteiger partial charge >= 0.3 is 11.9 Å². The highest BCUT2D eigenvalue weighted by atomic mass is 16.9. The van der Waals surface area contributed by atoms with E-state index in [-0.39, 0.29) is 0 Å². The first-order valence-corrected chi connectivity index (χ1v) is 7.56. The Labute approximate surface area is 138 Å². The van der Waals surface area contributed by atoms with Crippen molar-refractivity contribution in [1.29, 1.82) is 0 Å². The van der Waals surface area contributed by atoms with Crippen LogP contribution in [0.4, 0.5) is 0 Å². The SMILES string of the molecule is COc1c2c(c(C)c3c(C)coc13)[C@@]1(C)O[C@@]2(OC)OC(=O)[C@H]1O. The third kappa shape index (κ3) is 1.50. The molecule has 0 aliphatic carbocycles. The Morgan fingerprint density at radius 3 is 2.58 bits per heavy atom. The number of furan rings is 1. The minimum atomic E-state index is -1.77. The van der Waals surface area contributed by atoms with E-state index in [9.17, 15) is 9.90 Å². The molecular formula is C17H18O7. The van der Waals surface area contributed by atoms with E-state index in [4.69, 9.17) is 23.4 Å². The van der Waals surface area contributed by atoms with E-state index in [1.165, 1.54) is 14.2 Å². The van der Waals surface area contributed by atoms with Crippen molar-refractivity contribution in [3.05, 3.63) is 28.5 Å². The zero-order valence-corrected chi connectivity index (χ0v) is 14.1. The van der Waals surface area contributed by atoms with Crippen molar-refractivity contribution in [2.24, 2.45) is 0 Å². The summed E-state index contributed by atoms with van der Waals surface area (Å²) in [5, 5.41) is 11.3. The minimum absolute atomic E-state index is 0.367. The predicted octanol–water partition coefficient (Wildman–Crippen LogP) is 1.98. The second kappa shape index (κ2) is 4.50. The Hall–Kier alpha value is -2.09. The molecule has 1 N–H and O–H groups in total. The molecule has 3 heterocycles. The standard InChI is InChI=1S/C17H18O7/c1-7-6-22-12-9(7)8(2)10-11(13(12)20-4)17(21-5)23-15(19)14(18)16(10,3)24-17/h6,14,18H,1-5H3/t14-,16-,17+/m1/s1. The average molecular weight is 334 g/mol. The van der Waals surface area contributed by atoms with Gasteiger partial charge in [0.1, 0.15) is 11.2 Å². The number of methoxy groups -OCH3 is 2. The molecule has 2 aromatic rings. The molecule has 1 saturated heterocycles. The summed E-state index contributed by atoms with van der Waals surface area (Å²) in [7, 11) is 2.86. The summed E-state index contributed by atoms with van der Waals surface area (Å²) in [6, 6.07) is 0. The van der Waals surface area contributed by atoms with Crippen molar-refractivity contribution >= 4 is 16.9 Å². The van der Waals surface area contributed by atoms with E-state index in [0.29, 0.717) is 22.5 Å². The molecule has 24 heavy (non-hydrogen) atoms. The van der Waals surface area contributed by atoms with Crippen LogP contribution in [-0.2, 0) is 30.6 Å². The molecule has 0 amide bonds. The van der Waals surface area contributed by atoms with Crippen LogP contribution < -0.4 is 4.74 Å². The van der Waals surface area contributed by atoms with Crippen molar-refractivity contribution in [2.45, 2.75) is 38.4 Å². The maximum atomic E-state index is 12.2. The Bertz CT molecular complexity index is 883. The molecule has 0 radical (unpaired) electrons. The fraction of sp³-hybridized carbons (Fsp3) is 0.471. The number of aryl methyl sites for hydroxylation is 2. The van der Waals surface area contributed by atoms with Crippen LogP contribution in [0.2, 0.25) is 0 Å². The maximum Gasteiger partial charge on any atom is 0.363 e. The fourth-order valence-electron chi connectivity index (χ4n) is 3.97. The summed E-state index contributed by atoms with van der Waals surface area (Å²) in [5.41, 5.74) is 1.99. The maximum absolute atomic E-state index is 12.2. The number of rotatable bonds is 2. The number of aliphatic hydroxyl groups is 1. The number of benzene rings is 1. The van der Waals surface area contributed by atoms with Gasteiger partial charge in [-0.3, -0.25) is 4.74 Å². The van der Waals surface area contributed by atoms with E-state index in [2.05, 4.69) is 0 Å². The number of aliphatic hydroxyl groups excluding tert-OH is 1. The van der Waals surface area contributed by atoms with E-state index in [0.717, 1.165) is 16.5 Å². The van der Waals surface area contributed by atoms with Gasteiger partial charge in [0, 0.05) is 18.1 Å². The molecule has 0 spiro atoms. The first kappa shape index (κ1) is 15.4. The van der Waals surface area contributed by atoms with E-state index in [1.807, 2.05) is 13.8 Å². The van der Waals surface area contributed by atoms with Gasteiger partial charge < -0.3 is 23.7 Å². The summed E-state index contributed by atoms with van der Waals surface area (Å²) >= 11 is 0. The summed E-state index contributed by atoms with van der Waals surface area (Å²) < 4.78 is 27.9. The Morgan fingerprint density at radius 1 is 1.25 bits per heavy atom. The van der Waals surface area contributed by atoms with Gasteiger partial charge in [-0.05, 0) is 31.9 Å². The quantitative estimate of drug-likeness (QED) is 0.840. The largest absolute Gasteiger partial charge is 0.492 e. The fourth-order valence-corrected chi connectivity index (χ4v) is 3.97. The van der Waals surface area contributed by atoms with Crippen LogP contribution in [0.15, 0.2) is 10.7 Å². The van der Waals surface area contributed by atoms with Crippen molar-refractivity contribution in [3.63, 3.8) is 0 Å². The number of carbonyl (C=O) groups excluding carboxylic acids is 1. The topological polar surface area (TPSA) is 87.4 Å². The lowest BCUT2D eigenvalue weighted by atomic mass is 9.84. The van der Waals surface area contributed by atoms with Crippen LogP contribution in [0.5, 0.6) is 5.75 Å². The van der Waals surface area contributed by atoms with E-state index in [1.54, 1.807) is 13.2 Å². The molecular weight excluding hydrogens is 316 g/mol. The van der Waals surface area contributed by atoms with E-state index >= 15 is 0 Å². The molecule has 128 valence electrons. The number of hydrogen-bond donors (Lipinski definition) is 1. The van der Waals surface area contributed by atoms with Crippen molar-refractivity contribution in [2.75, 3.05) is 14.2 Å². The number of esters is 1. The van der Waals surface area contributed by atoms with Gasteiger partial charge in [0.2, 0.25) is 0 Å². The zero-order chi connectivity index (χ0) is 17.4. The van der Waals surface area contributed by atoms with Gasteiger partial charge in [-0.15, -0.1) is 0 Å². The molecule has 7 nitrogen and oxygen atoms in total. The molecule has 0 unspecified atom stereocenters. The molecule has 4 rings (SSSR count). The second-order valence-electron chi connectivity index (χ2n) is 6.32. The summed E-state index contributed by atoms with van der Waals surface area (Å²) in [6.45, 7) is 5.45. The van der Waals surface area contributed by atoms with Crippen molar-refractivity contribution < 1.29 is 33.3 Å². The van der Waals surface area contributed by atoms with Crippen LogP contribution in [0, 0.1) is 13.8 Å². The van der Waals surface area contributed by atoms with Gasteiger partial charge in [-0.1, -0.05) is 0 Å². The summed E-state index contributed by atoms with van der Waals surface area (Å²) in [4.78, 5) is 12.2. The number of carbonyl (C=O) groups is 1. The van der Waals surface area contributed by atoms with Gasteiger partial charge in [-0.2, -0.15) is 0 Å². The molecule has 1 aromatic carbocycles. The Morgan fingerprint density at radius 2 is 1.96 bits per heavy atom. The van der Waals surface area contributed by atoms with Crippen molar-refractivity contribution in [3.8, 4) is 5.75 Å². The monoisotopic (exact) mass is 334 g/mol. The lowest BCUT2D eigenvalue weighted by Gasteiger charge is -2.39. The van der Waals surface area contributed by atoms with Crippen LogP contribution in [0.1, 0.15) is 29.2 Å². The van der Waals surface area contributed by atoms with Crippen LogP contribution in [-0.4, -0.2) is 31.4 Å². The first-order valence-electron chi connectivity index (χ1n) is 7.56. The van der Waals surface area contributed by atoms with Gasteiger partial charge in [0.15, 0.2) is 17.4 Å². The number of ether oxygens (including phenoxy) is 4. The minimum Gasteiger partial charge on any atom is -0.492 e. The van der Waals surface area contributed by atoms with Crippen LogP contribution >= 0.6 is 0 Å². The Kier molecular flexibility index (Phi) is 2.90. The highest BCUT2D eigenvalue weighted by Gasteiger charge is 2.67. The molecule has 3 atom stereocenters. The highest BCUT2D eigenvalue weighted by Crippen LogP contribution is 2.59. The van der Waals surface area contributed by atoms with Crippen LogP contribution in [0.3, 0.4) is 0 Å². The first-order chi connectivity index (χ1) is 11.3. The number of fused-ring (bicyclic) bond motifs is 6. The highest BCUT2D eigenvalue weighted by molar-refractivity contribution is 5.94. The molecule has 1 fully saturated rings. The molecule has 0 saturated carbocycles. The lowest BCUT2D eigenvalue weighted by molar-refractivity contribution is -0.416. The average Bonchev–Trinajstić information content (AvgIpc) is 3.03.